The molecule has 6 heteroatoms. The Kier molecular flexibility index (Phi) is 8.03. The van der Waals surface area contributed by atoms with Gasteiger partial charge in [0.05, 0.1) is 12.2 Å². The number of hydrogen-bond acceptors (Lipinski definition) is 6. The summed E-state index contributed by atoms with van der Waals surface area (Å²) in [5.41, 5.74) is 9.03. The zero-order valence-electron chi connectivity index (χ0n) is 21.1. The van der Waals surface area contributed by atoms with Crippen molar-refractivity contribution in [2.24, 2.45) is 11.8 Å². The van der Waals surface area contributed by atoms with E-state index in [1.165, 1.54) is 0 Å². The van der Waals surface area contributed by atoms with Crippen LogP contribution >= 0.6 is 0 Å². The lowest BCUT2D eigenvalue weighted by Gasteiger charge is -2.30. The summed E-state index contributed by atoms with van der Waals surface area (Å²) in [5.74, 6) is 3.22. The number of hydrogen-bond donors (Lipinski definition) is 2. The van der Waals surface area contributed by atoms with Gasteiger partial charge in [-0.2, -0.15) is 0 Å². The van der Waals surface area contributed by atoms with Gasteiger partial charge in [-0.15, -0.1) is 0 Å². The van der Waals surface area contributed by atoms with Crippen molar-refractivity contribution in [1.82, 2.24) is 15.3 Å². The zero-order valence-corrected chi connectivity index (χ0v) is 21.1. The number of nitrogens with two attached hydrogens (primary N) is 1. The molecule has 3 N–H and O–H groups in total. The lowest BCUT2D eigenvalue weighted by Crippen LogP contribution is -2.34. The molecule has 4 rings (SSSR count). The molecular formula is C29H37N5O. The Bertz CT molecular complexity index is 1200. The second-order valence-electron chi connectivity index (χ2n) is 9.69. The van der Waals surface area contributed by atoms with Crippen molar-refractivity contribution >= 4 is 28.0 Å². The third-order valence-electron chi connectivity index (χ3n) is 6.42. The summed E-state index contributed by atoms with van der Waals surface area (Å²) in [7, 11) is 0. The van der Waals surface area contributed by atoms with E-state index in [1.807, 2.05) is 19.1 Å². The fourth-order valence-corrected chi connectivity index (χ4v) is 4.55. The fraction of sp³-hybridized carbons (Fsp3) is 0.379. The average molecular weight is 472 g/mol. The van der Waals surface area contributed by atoms with Crippen LogP contribution in [0.2, 0.25) is 0 Å². The Morgan fingerprint density at radius 2 is 1.91 bits per heavy atom. The minimum atomic E-state index is 0.442. The minimum Gasteiger partial charge on any atom is -0.493 e. The molecular weight excluding hydrogens is 434 g/mol. The van der Waals surface area contributed by atoms with Crippen molar-refractivity contribution in [3.63, 3.8) is 0 Å². The van der Waals surface area contributed by atoms with Crippen molar-refractivity contribution in [2.45, 2.75) is 33.6 Å². The largest absolute Gasteiger partial charge is 0.493 e. The molecule has 0 radical (unpaired) electrons. The molecule has 0 saturated carbocycles. The lowest BCUT2D eigenvalue weighted by atomic mass is 9.95. The van der Waals surface area contributed by atoms with Crippen LogP contribution in [0.1, 0.15) is 44.7 Å². The molecule has 1 aromatic heterocycles. The summed E-state index contributed by atoms with van der Waals surface area (Å²) in [4.78, 5) is 11.2. The van der Waals surface area contributed by atoms with Gasteiger partial charge in [-0.05, 0) is 84.8 Å². The average Bonchev–Trinajstić information content (AvgIpc) is 2.87. The van der Waals surface area contributed by atoms with Crippen molar-refractivity contribution in [3.05, 3.63) is 72.7 Å². The number of nitrogen functional groups attached to an aromatic ring is 1. The summed E-state index contributed by atoms with van der Waals surface area (Å²) >= 11 is 0. The molecule has 1 aliphatic rings. The van der Waals surface area contributed by atoms with Gasteiger partial charge in [-0.3, -0.25) is 0 Å². The quantitative estimate of drug-likeness (QED) is 0.420. The number of benzene rings is 2. The number of fused-ring (bicyclic) bond motifs is 1. The highest BCUT2D eigenvalue weighted by molar-refractivity contribution is 5.93. The van der Waals surface area contributed by atoms with Gasteiger partial charge in [0, 0.05) is 12.7 Å². The first-order valence-electron chi connectivity index (χ1n) is 12.5. The third-order valence-corrected chi connectivity index (χ3v) is 6.42. The van der Waals surface area contributed by atoms with Gasteiger partial charge in [0.1, 0.15) is 23.7 Å². The van der Waals surface area contributed by atoms with Gasteiger partial charge < -0.3 is 20.7 Å². The van der Waals surface area contributed by atoms with Crippen molar-refractivity contribution in [3.8, 4) is 5.75 Å². The van der Waals surface area contributed by atoms with Crippen molar-refractivity contribution in [1.29, 1.82) is 0 Å². The molecule has 0 bridgehead atoms. The second kappa shape index (κ2) is 11.4. The van der Waals surface area contributed by atoms with E-state index in [-0.39, 0.29) is 0 Å². The molecule has 6 nitrogen and oxygen atoms in total. The highest BCUT2D eigenvalue weighted by atomic mass is 16.5. The van der Waals surface area contributed by atoms with Crippen molar-refractivity contribution < 1.29 is 4.74 Å². The normalized spacial score (nSPS) is 14.6. The van der Waals surface area contributed by atoms with Gasteiger partial charge in [0.2, 0.25) is 0 Å². The number of piperidine rings is 1. The molecule has 0 unspecified atom stereocenters. The summed E-state index contributed by atoms with van der Waals surface area (Å²) in [5, 5.41) is 5.70. The number of allylic oxidation sites excluding steroid dienone is 1. The second-order valence-corrected chi connectivity index (χ2v) is 9.69. The SMILES string of the molecule is C=C(c1ccc2cc(OCC(C)C)ccc2c1)c1c(N)ncnc1N(C=CC)CC1CCNCC1. The van der Waals surface area contributed by atoms with Crippen LogP contribution in [0.25, 0.3) is 16.3 Å². The zero-order chi connectivity index (χ0) is 24.8. The van der Waals surface area contributed by atoms with Gasteiger partial charge in [0.25, 0.3) is 0 Å². The monoisotopic (exact) mass is 471 g/mol. The van der Waals surface area contributed by atoms with E-state index in [1.54, 1.807) is 6.33 Å². The summed E-state index contributed by atoms with van der Waals surface area (Å²) in [6.45, 7) is 14.5. The van der Waals surface area contributed by atoms with E-state index in [0.29, 0.717) is 24.3 Å². The summed E-state index contributed by atoms with van der Waals surface area (Å²) < 4.78 is 5.90. The van der Waals surface area contributed by atoms with Crippen LogP contribution in [0, 0.1) is 11.8 Å². The summed E-state index contributed by atoms with van der Waals surface area (Å²) in [6, 6.07) is 12.5. The third kappa shape index (κ3) is 6.01. The van der Waals surface area contributed by atoms with E-state index in [0.717, 1.165) is 71.5 Å². The van der Waals surface area contributed by atoms with Crippen LogP contribution in [0.3, 0.4) is 0 Å². The molecule has 184 valence electrons. The number of ether oxygens (including phenoxy) is 1. The Hall–Kier alpha value is -3.38. The molecule has 2 heterocycles. The molecule has 0 aliphatic carbocycles. The molecule has 0 spiro atoms. The first-order chi connectivity index (χ1) is 17.0. The van der Waals surface area contributed by atoms with Gasteiger partial charge in [-0.25, -0.2) is 9.97 Å². The molecule has 0 atom stereocenters. The highest BCUT2D eigenvalue weighted by Crippen LogP contribution is 2.35. The van der Waals surface area contributed by atoms with Gasteiger partial charge >= 0.3 is 0 Å². The van der Waals surface area contributed by atoms with Crippen LogP contribution in [0.4, 0.5) is 11.6 Å². The molecule has 0 amide bonds. The van der Waals surface area contributed by atoms with Gasteiger partial charge in [0.15, 0.2) is 0 Å². The predicted molar refractivity (Wildman–Crippen MR) is 147 cm³/mol. The maximum absolute atomic E-state index is 6.43. The molecule has 1 saturated heterocycles. The maximum Gasteiger partial charge on any atom is 0.146 e. The first kappa shape index (κ1) is 24.7. The van der Waals surface area contributed by atoms with Crippen molar-refractivity contribution in [2.75, 3.05) is 36.9 Å². The topological polar surface area (TPSA) is 76.3 Å². The minimum absolute atomic E-state index is 0.442. The highest BCUT2D eigenvalue weighted by Gasteiger charge is 2.22. The van der Waals surface area contributed by atoms with Gasteiger partial charge in [-0.1, -0.05) is 44.7 Å². The van der Waals surface area contributed by atoms with Crippen LogP contribution < -0.4 is 20.7 Å². The number of nitrogens with one attached hydrogen (secondary N) is 1. The van der Waals surface area contributed by atoms with Crippen LogP contribution in [0.5, 0.6) is 5.75 Å². The molecule has 1 aliphatic heterocycles. The Morgan fingerprint density at radius 3 is 2.66 bits per heavy atom. The molecule has 35 heavy (non-hydrogen) atoms. The van der Waals surface area contributed by atoms with E-state index < -0.39 is 0 Å². The van der Waals surface area contributed by atoms with Crippen LogP contribution in [-0.4, -0.2) is 36.2 Å². The maximum atomic E-state index is 6.43. The standard InChI is InChI=1S/C29H37N5O/c1-5-14-34(17-22-10-12-31-13-11-22)29-27(28(30)32-19-33-29)21(4)23-6-7-25-16-26(35-18-20(2)3)9-8-24(25)15-23/h5-9,14-16,19-20,22,31H,4,10-13,17-18H2,1-3H3,(H2,30,32,33). The number of nitrogens with zero attached hydrogens (tertiary/aromatic N) is 3. The Balaban J connectivity index is 1.65. The molecule has 1 fully saturated rings. The number of aromatic nitrogens is 2. The Labute approximate surface area is 208 Å². The predicted octanol–water partition coefficient (Wildman–Crippen LogP) is 5.65. The van der Waals surface area contributed by atoms with Crippen LogP contribution in [-0.2, 0) is 0 Å². The fourth-order valence-electron chi connectivity index (χ4n) is 4.55. The number of anilines is 2. The summed E-state index contributed by atoms with van der Waals surface area (Å²) in [6.07, 6.45) is 7.97. The first-order valence-corrected chi connectivity index (χ1v) is 12.5. The molecule has 3 aromatic rings. The molecule has 2 aromatic carbocycles. The van der Waals surface area contributed by atoms with E-state index >= 15 is 0 Å². The Morgan fingerprint density at radius 1 is 1.17 bits per heavy atom. The van der Waals surface area contributed by atoms with E-state index in [4.69, 9.17) is 10.5 Å². The van der Waals surface area contributed by atoms with E-state index in [2.05, 4.69) is 77.1 Å². The smallest absolute Gasteiger partial charge is 0.146 e. The lowest BCUT2D eigenvalue weighted by molar-refractivity contribution is 0.271. The van der Waals surface area contributed by atoms with E-state index in [9.17, 15) is 0 Å². The van der Waals surface area contributed by atoms with Crippen LogP contribution in [0.15, 0.2) is 61.6 Å². The number of rotatable bonds is 9.